The van der Waals surface area contributed by atoms with Gasteiger partial charge < -0.3 is 14.4 Å². The third kappa shape index (κ3) is 5.46. The Labute approximate surface area is 194 Å². The number of carbonyl (C=O) groups is 1. The lowest BCUT2D eigenvalue weighted by Gasteiger charge is -2.36. The van der Waals surface area contributed by atoms with E-state index in [0.29, 0.717) is 31.3 Å². The lowest BCUT2D eigenvalue weighted by molar-refractivity contribution is 0.00290. The molecule has 0 radical (unpaired) electrons. The molecular formula is C26H30N4O3. The molecule has 1 fully saturated rings. The van der Waals surface area contributed by atoms with Gasteiger partial charge in [0, 0.05) is 6.54 Å². The average Bonchev–Trinajstić information content (AvgIpc) is 3.14. The molecule has 7 heteroatoms. The molecular weight excluding hydrogens is 416 g/mol. The number of para-hydroxylation sites is 2. The molecule has 0 spiro atoms. The third-order valence-corrected chi connectivity index (χ3v) is 5.70. The van der Waals surface area contributed by atoms with Gasteiger partial charge in [0.1, 0.15) is 12.2 Å². The number of imidazole rings is 1. The number of likely N-dealkylation sites (tertiary alicyclic amines) is 1. The summed E-state index contributed by atoms with van der Waals surface area (Å²) in [5.74, 6) is 0. The van der Waals surface area contributed by atoms with Crippen molar-refractivity contribution >= 4 is 17.1 Å². The predicted octanol–water partition coefficient (Wildman–Crippen LogP) is 5.12. The molecule has 0 saturated carbocycles. The van der Waals surface area contributed by atoms with E-state index in [-0.39, 0.29) is 12.1 Å². The molecule has 0 N–H and O–H groups in total. The van der Waals surface area contributed by atoms with Gasteiger partial charge in [-0.2, -0.15) is 10.2 Å². The van der Waals surface area contributed by atoms with Crippen LogP contribution in [0.15, 0.2) is 48.5 Å². The molecule has 1 saturated heterocycles. The second-order valence-corrected chi connectivity index (χ2v) is 9.41. The fourth-order valence-corrected chi connectivity index (χ4v) is 4.09. The van der Waals surface area contributed by atoms with Gasteiger partial charge in [-0.25, -0.2) is 4.79 Å². The second kappa shape index (κ2) is 9.53. The Balaban J connectivity index is 1.54. The molecule has 1 aliphatic heterocycles. The molecule has 4 rings (SSSR count). The summed E-state index contributed by atoms with van der Waals surface area (Å²) in [7, 11) is 0. The minimum Gasteiger partial charge on any atom is -0.462 e. The van der Waals surface area contributed by atoms with E-state index in [4.69, 9.17) is 19.7 Å². The van der Waals surface area contributed by atoms with Gasteiger partial charge in [-0.15, -0.1) is 0 Å². The summed E-state index contributed by atoms with van der Waals surface area (Å²) in [6, 6.07) is 18.1. The molecule has 7 nitrogen and oxygen atoms in total. The summed E-state index contributed by atoms with van der Waals surface area (Å²) < 4.78 is 13.9. The van der Waals surface area contributed by atoms with Crippen LogP contribution in [0.3, 0.4) is 0 Å². The number of hydrogen-bond donors (Lipinski definition) is 0. The monoisotopic (exact) mass is 446 g/mol. The number of piperidine rings is 1. The largest absolute Gasteiger partial charge is 0.462 e. The number of benzene rings is 2. The van der Waals surface area contributed by atoms with E-state index in [1.54, 1.807) is 4.90 Å². The van der Waals surface area contributed by atoms with Gasteiger partial charge >= 0.3 is 6.09 Å². The summed E-state index contributed by atoms with van der Waals surface area (Å²) in [4.78, 5) is 19.2. The molecule has 172 valence electrons. The maximum Gasteiger partial charge on any atom is 0.410 e. The molecule has 1 aromatic heterocycles. The number of nitrogens with zero attached hydrogens (tertiary/aromatic N) is 4. The van der Waals surface area contributed by atoms with Gasteiger partial charge in [0.25, 0.3) is 6.01 Å². The summed E-state index contributed by atoms with van der Waals surface area (Å²) in [5, 5.41) is 9.07. The molecule has 33 heavy (non-hydrogen) atoms. The lowest BCUT2D eigenvalue weighted by Crippen LogP contribution is -2.48. The fourth-order valence-electron chi connectivity index (χ4n) is 4.09. The predicted molar refractivity (Wildman–Crippen MR) is 126 cm³/mol. The Morgan fingerprint density at radius 2 is 1.91 bits per heavy atom. The van der Waals surface area contributed by atoms with Gasteiger partial charge in [0.15, 0.2) is 0 Å². The van der Waals surface area contributed by atoms with Crippen LogP contribution in [0.25, 0.3) is 11.0 Å². The van der Waals surface area contributed by atoms with Crippen molar-refractivity contribution in [2.45, 2.75) is 58.2 Å². The second-order valence-electron chi connectivity index (χ2n) is 9.41. The number of hydrogen-bond acceptors (Lipinski definition) is 5. The number of aromatic nitrogens is 2. The number of rotatable bonds is 5. The van der Waals surface area contributed by atoms with Crippen molar-refractivity contribution in [2.24, 2.45) is 0 Å². The number of carbonyl (C=O) groups excluding carboxylic acids is 1. The molecule has 2 heterocycles. The fraction of sp³-hybridized carbons (Fsp3) is 0.423. The van der Waals surface area contributed by atoms with E-state index in [1.807, 2.05) is 73.9 Å². The molecule has 0 aliphatic carbocycles. The zero-order valence-electron chi connectivity index (χ0n) is 19.5. The van der Waals surface area contributed by atoms with Crippen LogP contribution in [-0.4, -0.2) is 45.3 Å². The van der Waals surface area contributed by atoms with Crippen molar-refractivity contribution in [2.75, 3.05) is 13.2 Å². The smallest absolute Gasteiger partial charge is 0.410 e. The number of ether oxygens (including phenoxy) is 2. The molecule has 2 aromatic carbocycles. The summed E-state index contributed by atoms with van der Waals surface area (Å²) in [5.41, 5.74) is 2.98. The molecule has 1 atom stereocenters. The van der Waals surface area contributed by atoms with Gasteiger partial charge in [-0.05, 0) is 69.9 Å². The van der Waals surface area contributed by atoms with Crippen molar-refractivity contribution in [3.05, 3.63) is 59.7 Å². The van der Waals surface area contributed by atoms with Crippen LogP contribution in [0.2, 0.25) is 0 Å². The maximum absolute atomic E-state index is 12.7. The first-order valence-corrected chi connectivity index (χ1v) is 11.4. The van der Waals surface area contributed by atoms with Crippen molar-refractivity contribution in [3.8, 4) is 12.1 Å². The van der Waals surface area contributed by atoms with E-state index in [0.717, 1.165) is 35.9 Å². The average molecular weight is 447 g/mol. The van der Waals surface area contributed by atoms with Crippen LogP contribution in [0.1, 0.15) is 51.2 Å². The summed E-state index contributed by atoms with van der Waals surface area (Å²) in [6.45, 7) is 7.24. The highest BCUT2D eigenvalue weighted by Crippen LogP contribution is 2.25. The molecule has 3 aromatic rings. The van der Waals surface area contributed by atoms with E-state index < -0.39 is 5.60 Å². The van der Waals surface area contributed by atoms with E-state index in [2.05, 4.69) is 6.07 Å². The SMILES string of the molecule is CC(C)(C)OC(=O)N1CCCC[C@@H]1COc1nc2ccccc2n1Cc1ccc(C#N)cc1. The normalized spacial score (nSPS) is 16.4. The zero-order chi connectivity index (χ0) is 23.4. The third-order valence-electron chi connectivity index (χ3n) is 5.70. The minimum atomic E-state index is -0.533. The molecule has 0 unspecified atom stereocenters. The maximum atomic E-state index is 12.7. The topological polar surface area (TPSA) is 80.4 Å². The van der Waals surface area contributed by atoms with Crippen LogP contribution in [-0.2, 0) is 11.3 Å². The van der Waals surface area contributed by atoms with Gasteiger partial charge in [-0.3, -0.25) is 4.57 Å². The summed E-state index contributed by atoms with van der Waals surface area (Å²) >= 11 is 0. The Morgan fingerprint density at radius 3 is 2.64 bits per heavy atom. The van der Waals surface area contributed by atoms with Crippen molar-refractivity contribution in [1.29, 1.82) is 5.26 Å². The Kier molecular flexibility index (Phi) is 6.55. The highest BCUT2D eigenvalue weighted by atomic mass is 16.6. The van der Waals surface area contributed by atoms with Gasteiger partial charge in [0.2, 0.25) is 0 Å². The van der Waals surface area contributed by atoms with Crippen LogP contribution < -0.4 is 4.74 Å². The van der Waals surface area contributed by atoms with Crippen molar-refractivity contribution in [1.82, 2.24) is 14.5 Å². The highest BCUT2D eigenvalue weighted by molar-refractivity contribution is 5.76. The Morgan fingerprint density at radius 1 is 1.15 bits per heavy atom. The molecule has 1 amide bonds. The highest BCUT2D eigenvalue weighted by Gasteiger charge is 2.31. The van der Waals surface area contributed by atoms with Crippen LogP contribution >= 0.6 is 0 Å². The zero-order valence-corrected chi connectivity index (χ0v) is 19.5. The minimum absolute atomic E-state index is 0.0585. The first-order valence-electron chi connectivity index (χ1n) is 11.4. The van der Waals surface area contributed by atoms with Gasteiger partial charge in [-0.1, -0.05) is 24.3 Å². The van der Waals surface area contributed by atoms with Crippen LogP contribution in [0, 0.1) is 11.3 Å². The number of nitriles is 1. The standard InChI is InChI=1S/C26H30N4O3/c1-26(2,3)33-25(31)29-15-7-6-8-21(29)18-32-24-28-22-9-4-5-10-23(22)30(24)17-20-13-11-19(16-27)12-14-20/h4-5,9-14,21H,6-8,15,17-18H2,1-3H3/t21-/m1/s1. The number of amides is 1. The molecule has 0 bridgehead atoms. The van der Waals surface area contributed by atoms with Crippen LogP contribution in [0.5, 0.6) is 6.01 Å². The quantitative estimate of drug-likeness (QED) is 0.543. The first kappa shape index (κ1) is 22.7. The van der Waals surface area contributed by atoms with Crippen molar-refractivity contribution < 1.29 is 14.3 Å². The first-order chi connectivity index (χ1) is 15.8. The lowest BCUT2D eigenvalue weighted by atomic mass is 10.0. The number of fused-ring (bicyclic) bond motifs is 1. The Bertz CT molecular complexity index is 1150. The van der Waals surface area contributed by atoms with E-state index >= 15 is 0 Å². The van der Waals surface area contributed by atoms with Crippen LogP contribution in [0.4, 0.5) is 4.79 Å². The van der Waals surface area contributed by atoms with E-state index in [9.17, 15) is 4.79 Å². The van der Waals surface area contributed by atoms with Crippen molar-refractivity contribution in [3.63, 3.8) is 0 Å². The van der Waals surface area contributed by atoms with E-state index in [1.165, 1.54) is 0 Å². The summed E-state index contributed by atoms with van der Waals surface area (Å²) in [6.07, 6.45) is 2.60. The van der Waals surface area contributed by atoms with Gasteiger partial charge in [0.05, 0.1) is 35.3 Å². The Hall–Kier alpha value is -3.53. The molecule has 1 aliphatic rings.